The lowest BCUT2D eigenvalue weighted by atomic mass is 9.99. The Morgan fingerprint density at radius 1 is 1.62 bits per heavy atom. The second-order valence-corrected chi connectivity index (χ2v) is 6.76. The predicted molar refractivity (Wildman–Crippen MR) is 83.2 cm³/mol. The number of carbonyl (C=O) groups excluding carboxylic acids is 1. The molecule has 1 aliphatic rings. The van der Waals surface area contributed by atoms with E-state index in [0.29, 0.717) is 11.5 Å². The van der Waals surface area contributed by atoms with Gasteiger partial charge >= 0.3 is 0 Å². The van der Waals surface area contributed by atoms with Gasteiger partial charge in [-0.2, -0.15) is 0 Å². The third kappa shape index (κ3) is 3.33. The number of thiophene rings is 1. The highest BCUT2D eigenvalue weighted by Crippen LogP contribution is 2.21. The van der Waals surface area contributed by atoms with Crippen LogP contribution < -0.4 is 5.73 Å². The fraction of sp³-hybridized carbons (Fsp3) is 0.467. The molecular formula is C15H20N4OS. The zero-order valence-corrected chi connectivity index (χ0v) is 13.0. The molecule has 6 heteroatoms. The van der Waals surface area contributed by atoms with Gasteiger partial charge in [-0.3, -0.25) is 4.79 Å². The van der Waals surface area contributed by atoms with Crippen LogP contribution >= 0.6 is 11.3 Å². The summed E-state index contributed by atoms with van der Waals surface area (Å²) < 4.78 is 2.26. The van der Waals surface area contributed by atoms with E-state index in [2.05, 4.69) is 27.7 Å². The third-order valence-corrected chi connectivity index (χ3v) is 4.89. The molecule has 5 nitrogen and oxygen atoms in total. The molecule has 0 bridgehead atoms. The third-order valence-electron chi connectivity index (χ3n) is 3.97. The Kier molecular flexibility index (Phi) is 4.07. The summed E-state index contributed by atoms with van der Waals surface area (Å²) in [5, 5.41) is 1.84. The van der Waals surface area contributed by atoms with Crippen molar-refractivity contribution in [3.63, 3.8) is 0 Å². The lowest BCUT2D eigenvalue weighted by molar-refractivity contribution is 0.100. The number of carbonyl (C=O) groups is 1. The summed E-state index contributed by atoms with van der Waals surface area (Å²) in [4.78, 5) is 19.0. The number of nitrogens with two attached hydrogens (primary N) is 1. The van der Waals surface area contributed by atoms with Crippen molar-refractivity contribution in [1.29, 1.82) is 0 Å². The number of amides is 1. The summed E-state index contributed by atoms with van der Waals surface area (Å²) in [5.74, 6) is 1.52. The van der Waals surface area contributed by atoms with Gasteiger partial charge in [0, 0.05) is 48.7 Å². The molecule has 3 heterocycles. The molecule has 0 saturated heterocycles. The van der Waals surface area contributed by atoms with Gasteiger partial charge in [0.1, 0.15) is 5.82 Å². The molecule has 0 aliphatic carbocycles. The van der Waals surface area contributed by atoms with Gasteiger partial charge in [0.15, 0.2) is 0 Å². The lowest BCUT2D eigenvalue weighted by Gasteiger charge is -2.27. The fourth-order valence-corrected chi connectivity index (χ4v) is 3.90. The molecule has 0 fully saturated rings. The van der Waals surface area contributed by atoms with Crippen LogP contribution in [0.25, 0.3) is 0 Å². The summed E-state index contributed by atoms with van der Waals surface area (Å²) in [6.45, 7) is 2.98. The molecule has 2 aromatic heterocycles. The van der Waals surface area contributed by atoms with E-state index in [-0.39, 0.29) is 5.91 Å². The maximum Gasteiger partial charge on any atom is 0.249 e. The van der Waals surface area contributed by atoms with Crippen molar-refractivity contribution in [3.05, 3.63) is 40.1 Å². The molecule has 2 N–H and O–H groups in total. The van der Waals surface area contributed by atoms with Gasteiger partial charge in [-0.15, -0.1) is 11.3 Å². The first-order valence-corrected chi connectivity index (χ1v) is 8.05. The molecule has 3 rings (SSSR count). The van der Waals surface area contributed by atoms with Gasteiger partial charge in [-0.1, -0.05) is 0 Å². The largest absolute Gasteiger partial charge is 0.366 e. The molecular weight excluding hydrogens is 284 g/mol. The molecule has 0 radical (unpaired) electrons. The quantitative estimate of drug-likeness (QED) is 0.915. The average molecular weight is 304 g/mol. The standard InChI is InChI=1S/C15H20N4OS/c1-18(9-13-6-12(10-21-13)15(16)20)7-11-2-3-14-17-4-5-19(14)8-11/h4-6,10-11H,2-3,7-9H2,1H3,(H2,16,20). The average Bonchev–Trinajstić information content (AvgIpc) is 3.06. The van der Waals surface area contributed by atoms with Crippen LogP contribution in [0.4, 0.5) is 0 Å². The van der Waals surface area contributed by atoms with E-state index in [1.54, 1.807) is 11.3 Å². The van der Waals surface area contributed by atoms with E-state index in [1.807, 2.05) is 17.6 Å². The smallest absolute Gasteiger partial charge is 0.249 e. The first-order chi connectivity index (χ1) is 10.1. The van der Waals surface area contributed by atoms with Crippen molar-refractivity contribution in [2.75, 3.05) is 13.6 Å². The van der Waals surface area contributed by atoms with Gasteiger partial charge < -0.3 is 15.2 Å². The van der Waals surface area contributed by atoms with E-state index < -0.39 is 0 Å². The first-order valence-electron chi connectivity index (χ1n) is 7.17. The number of aryl methyl sites for hydroxylation is 1. The number of rotatable bonds is 5. The Bertz CT molecular complexity index is 633. The molecule has 1 atom stereocenters. The number of imidazole rings is 1. The van der Waals surface area contributed by atoms with Crippen molar-refractivity contribution >= 4 is 17.2 Å². The Labute approximate surface area is 128 Å². The summed E-state index contributed by atoms with van der Waals surface area (Å²) in [6, 6.07) is 1.90. The highest BCUT2D eigenvalue weighted by Gasteiger charge is 2.20. The van der Waals surface area contributed by atoms with Crippen molar-refractivity contribution in [1.82, 2.24) is 14.5 Å². The second-order valence-electron chi connectivity index (χ2n) is 5.76. The van der Waals surface area contributed by atoms with Gasteiger partial charge in [0.05, 0.1) is 5.56 Å². The minimum Gasteiger partial charge on any atom is -0.366 e. The molecule has 21 heavy (non-hydrogen) atoms. The number of hydrogen-bond donors (Lipinski definition) is 1. The SMILES string of the molecule is CN(Cc1cc(C(N)=O)cs1)CC1CCc2nccn2C1. The Morgan fingerprint density at radius 2 is 2.48 bits per heavy atom. The number of nitrogens with zero attached hydrogens (tertiary/aromatic N) is 3. The molecule has 0 aromatic carbocycles. The van der Waals surface area contributed by atoms with E-state index in [9.17, 15) is 4.79 Å². The minimum absolute atomic E-state index is 0.347. The molecule has 0 spiro atoms. The predicted octanol–water partition coefficient (Wildman–Crippen LogP) is 1.74. The van der Waals surface area contributed by atoms with Crippen LogP contribution in [0.15, 0.2) is 23.8 Å². The summed E-state index contributed by atoms with van der Waals surface area (Å²) in [6.07, 6.45) is 6.22. The summed E-state index contributed by atoms with van der Waals surface area (Å²) in [5.41, 5.74) is 5.90. The number of aromatic nitrogens is 2. The van der Waals surface area contributed by atoms with Crippen LogP contribution in [-0.2, 0) is 19.5 Å². The molecule has 0 saturated carbocycles. The van der Waals surface area contributed by atoms with Crippen molar-refractivity contribution in [3.8, 4) is 0 Å². The van der Waals surface area contributed by atoms with Crippen LogP contribution in [0.1, 0.15) is 27.5 Å². The summed E-state index contributed by atoms with van der Waals surface area (Å²) >= 11 is 1.60. The van der Waals surface area contributed by atoms with E-state index in [4.69, 9.17) is 5.73 Å². The Balaban J connectivity index is 1.54. The van der Waals surface area contributed by atoms with Crippen molar-refractivity contribution in [2.24, 2.45) is 11.7 Å². The van der Waals surface area contributed by atoms with Crippen LogP contribution in [-0.4, -0.2) is 34.0 Å². The molecule has 1 aliphatic heterocycles. The van der Waals surface area contributed by atoms with E-state index in [1.165, 1.54) is 17.1 Å². The normalized spacial score (nSPS) is 17.9. The van der Waals surface area contributed by atoms with Gasteiger partial charge in [0.2, 0.25) is 5.91 Å². The first kappa shape index (κ1) is 14.3. The maximum absolute atomic E-state index is 11.1. The zero-order chi connectivity index (χ0) is 14.8. The molecule has 2 aromatic rings. The van der Waals surface area contributed by atoms with Crippen molar-refractivity contribution in [2.45, 2.75) is 25.9 Å². The van der Waals surface area contributed by atoms with Crippen LogP contribution in [0.5, 0.6) is 0 Å². The van der Waals surface area contributed by atoms with E-state index >= 15 is 0 Å². The number of hydrogen-bond acceptors (Lipinski definition) is 4. The maximum atomic E-state index is 11.1. The van der Waals surface area contributed by atoms with Crippen LogP contribution in [0, 0.1) is 5.92 Å². The van der Waals surface area contributed by atoms with Crippen molar-refractivity contribution < 1.29 is 4.79 Å². The number of primary amides is 1. The Morgan fingerprint density at radius 3 is 3.24 bits per heavy atom. The van der Waals surface area contributed by atoms with Crippen LogP contribution in [0.2, 0.25) is 0 Å². The highest BCUT2D eigenvalue weighted by atomic mass is 32.1. The molecule has 1 unspecified atom stereocenters. The highest BCUT2D eigenvalue weighted by molar-refractivity contribution is 7.10. The van der Waals surface area contributed by atoms with Crippen LogP contribution in [0.3, 0.4) is 0 Å². The zero-order valence-electron chi connectivity index (χ0n) is 12.2. The molecule has 112 valence electrons. The Hall–Kier alpha value is -1.66. The minimum atomic E-state index is -0.347. The molecule has 1 amide bonds. The van der Waals surface area contributed by atoms with Gasteiger partial charge in [0.25, 0.3) is 0 Å². The second kappa shape index (κ2) is 5.99. The topological polar surface area (TPSA) is 64.2 Å². The lowest BCUT2D eigenvalue weighted by Crippen LogP contribution is -2.31. The monoisotopic (exact) mass is 304 g/mol. The fourth-order valence-electron chi connectivity index (χ4n) is 2.95. The van der Waals surface area contributed by atoms with Gasteiger partial charge in [-0.05, 0) is 25.5 Å². The van der Waals surface area contributed by atoms with Gasteiger partial charge in [-0.25, -0.2) is 4.98 Å². The van der Waals surface area contributed by atoms with E-state index in [0.717, 1.165) is 26.1 Å². The number of fused-ring (bicyclic) bond motifs is 1. The summed E-state index contributed by atoms with van der Waals surface area (Å²) in [7, 11) is 2.13.